The molecule has 3 aromatic rings. The predicted octanol–water partition coefficient (Wildman–Crippen LogP) is -0.520. The van der Waals surface area contributed by atoms with Crippen molar-refractivity contribution in [3.05, 3.63) is 53.9 Å². The molecule has 1 aromatic carbocycles. The van der Waals surface area contributed by atoms with Gasteiger partial charge in [-0.05, 0) is 38.5 Å². The maximum Gasteiger partial charge on any atom is 1.00 e. The van der Waals surface area contributed by atoms with Crippen molar-refractivity contribution in [2.45, 2.75) is 26.8 Å². The van der Waals surface area contributed by atoms with E-state index in [-0.39, 0.29) is 42.1 Å². The van der Waals surface area contributed by atoms with E-state index in [0.717, 1.165) is 12.0 Å². The Bertz CT molecular complexity index is 957. The molecule has 0 saturated heterocycles. The zero-order chi connectivity index (χ0) is 18.8. The van der Waals surface area contributed by atoms with E-state index in [1.807, 2.05) is 25.3 Å². The second-order valence-corrected chi connectivity index (χ2v) is 6.03. The Morgan fingerprint density at radius 3 is 2.44 bits per heavy atom. The summed E-state index contributed by atoms with van der Waals surface area (Å²) in [5.41, 5.74) is 1.34. The minimum Gasteiger partial charge on any atom is -0.545 e. The number of imidazole rings is 1. The van der Waals surface area contributed by atoms with Crippen molar-refractivity contribution in [2.24, 2.45) is 0 Å². The zero-order valence-corrected chi connectivity index (χ0v) is 15.5. The Morgan fingerprint density at radius 2 is 1.85 bits per heavy atom. The van der Waals surface area contributed by atoms with Crippen LogP contribution in [0.3, 0.4) is 0 Å². The Balaban J connectivity index is 0.00000261. The number of aryl methyl sites for hydroxylation is 1. The summed E-state index contributed by atoms with van der Waals surface area (Å²) < 4.78 is 16.2. The molecule has 2 aromatic heterocycles. The van der Waals surface area contributed by atoms with Gasteiger partial charge >= 0.3 is 18.9 Å². The summed E-state index contributed by atoms with van der Waals surface area (Å²) in [5, 5.41) is 13.7. The molecule has 0 spiro atoms. The number of aromatic carboxylic acids is 1. The third-order valence-corrected chi connectivity index (χ3v) is 3.86. The van der Waals surface area contributed by atoms with E-state index in [1.165, 1.54) is 12.1 Å². The number of carbonyl (C=O) groups is 1. The van der Waals surface area contributed by atoms with Crippen molar-refractivity contribution in [3.8, 4) is 11.4 Å². The van der Waals surface area contributed by atoms with Gasteiger partial charge in [0, 0.05) is 11.7 Å². The normalized spacial score (nSPS) is 10.6. The van der Waals surface area contributed by atoms with Crippen LogP contribution in [0.1, 0.15) is 36.1 Å². The maximum atomic E-state index is 14.3. The van der Waals surface area contributed by atoms with Crippen LogP contribution in [-0.2, 0) is 0 Å². The second-order valence-electron chi connectivity index (χ2n) is 6.03. The molecule has 0 aliphatic rings. The number of nitrogens with one attached hydrogen (secondary N) is 1. The number of rotatable bonds is 5. The average Bonchev–Trinajstić information content (AvgIpc) is 2.98. The summed E-state index contributed by atoms with van der Waals surface area (Å²) in [6.45, 7) is 5.81. The molecule has 27 heavy (non-hydrogen) atoms. The number of hydrogen-bond acceptors (Lipinski definition) is 6. The first kappa shape index (κ1) is 20.6. The second kappa shape index (κ2) is 8.33. The molecule has 0 aliphatic heterocycles. The third-order valence-electron chi connectivity index (χ3n) is 3.86. The number of carboxylic acid groups (broad SMARTS) is 1. The van der Waals surface area contributed by atoms with E-state index in [1.54, 1.807) is 18.3 Å². The van der Waals surface area contributed by atoms with Gasteiger partial charge in [-0.15, -0.1) is 0 Å². The summed E-state index contributed by atoms with van der Waals surface area (Å²) in [5.74, 6) is -0.851. The Morgan fingerprint density at radius 1 is 1.19 bits per heavy atom. The number of carboxylic acids is 1. The van der Waals surface area contributed by atoms with Crippen LogP contribution in [0.2, 0.25) is 0 Å². The number of carbonyl (C=O) groups excluding carboxylic acids is 1. The molecule has 134 valence electrons. The number of benzene rings is 1. The van der Waals surface area contributed by atoms with Gasteiger partial charge in [0.2, 0.25) is 5.95 Å². The first-order valence-electron chi connectivity index (χ1n) is 8.02. The molecule has 7 nitrogen and oxygen atoms in total. The summed E-state index contributed by atoms with van der Waals surface area (Å²) in [6, 6.07) is 6.01. The molecule has 1 N–H and O–H groups in total. The molecule has 0 bridgehead atoms. The monoisotopic (exact) mass is 361 g/mol. The van der Waals surface area contributed by atoms with Crippen molar-refractivity contribution in [3.63, 3.8) is 0 Å². The van der Waals surface area contributed by atoms with Crippen LogP contribution in [0.25, 0.3) is 11.4 Å². The topological polar surface area (TPSA) is 95.8 Å². The third kappa shape index (κ3) is 4.35. The van der Waals surface area contributed by atoms with E-state index in [0.29, 0.717) is 11.4 Å². The smallest absolute Gasteiger partial charge is 0.545 e. The predicted molar refractivity (Wildman–Crippen MR) is 92.4 cm³/mol. The van der Waals surface area contributed by atoms with Crippen molar-refractivity contribution in [1.82, 2.24) is 19.5 Å². The fraction of sp³-hybridized carbons (Fsp3) is 0.222. The van der Waals surface area contributed by atoms with Crippen LogP contribution in [0.4, 0.5) is 16.0 Å². The zero-order valence-electron chi connectivity index (χ0n) is 15.5. The van der Waals surface area contributed by atoms with E-state index in [4.69, 9.17) is 0 Å². The van der Waals surface area contributed by atoms with Crippen LogP contribution in [0, 0.1) is 12.7 Å². The van der Waals surface area contributed by atoms with Crippen LogP contribution < -0.4 is 29.3 Å². The summed E-state index contributed by atoms with van der Waals surface area (Å²) in [6.07, 6.45) is 2.67. The molecule has 0 amide bonds. The number of anilines is 2. The van der Waals surface area contributed by atoms with Crippen LogP contribution in [0.15, 0.2) is 36.7 Å². The fourth-order valence-electron chi connectivity index (χ4n) is 2.71. The van der Waals surface area contributed by atoms with Crippen molar-refractivity contribution >= 4 is 17.6 Å². The SMILES string of the molecule is Cc1ncc(-c2nc(Nc3ccc(C(=O)[O-])cc3)ncc2F)n1C(C)C.[Li+]. The number of aromatic nitrogens is 4. The molecule has 3 rings (SSSR count). The van der Waals surface area contributed by atoms with Gasteiger partial charge < -0.3 is 19.8 Å². The van der Waals surface area contributed by atoms with Gasteiger partial charge in [0.25, 0.3) is 0 Å². The molecule has 0 atom stereocenters. The molecule has 0 saturated carbocycles. The molecule has 0 radical (unpaired) electrons. The number of nitrogens with zero attached hydrogens (tertiary/aromatic N) is 4. The van der Waals surface area contributed by atoms with Crippen LogP contribution in [-0.4, -0.2) is 25.5 Å². The van der Waals surface area contributed by atoms with Gasteiger partial charge in [-0.1, -0.05) is 12.1 Å². The minimum absolute atomic E-state index is 0. The van der Waals surface area contributed by atoms with E-state index >= 15 is 0 Å². The average molecular weight is 361 g/mol. The Kier molecular flexibility index (Phi) is 6.36. The molecule has 0 fully saturated rings. The molecule has 0 aliphatic carbocycles. The first-order chi connectivity index (χ1) is 12.4. The van der Waals surface area contributed by atoms with E-state index < -0.39 is 11.8 Å². The summed E-state index contributed by atoms with van der Waals surface area (Å²) >= 11 is 0. The van der Waals surface area contributed by atoms with Gasteiger partial charge in [0.1, 0.15) is 11.5 Å². The Labute approximate surface area is 167 Å². The number of hydrogen-bond donors (Lipinski definition) is 1. The molecular weight excluding hydrogens is 344 g/mol. The minimum atomic E-state index is -1.26. The Hall–Kier alpha value is -2.69. The van der Waals surface area contributed by atoms with Gasteiger partial charge in [-0.2, -0.15) is 0 Å². The van der Waals surface area contributed by atoms with Crippen molar-refractivity contribution < 1.29 is 33.2 Å². The van der Waals surface area contributed by atoms with Gasteiger partial charge in [-0.3, -0.25) is 0 Å². The maximum absolute atomic E-state index is 14.3. The first-order valence-corrected chi connectivity index (χ1v) is 8.02. The summed E-state index contributed by atoms with van der Waals surface area (Å²) in [7, 11) is 0. The number of halogens is 1. The van der Waals surface area contributed by atoms with Gasteiger partial charge in [0.15, 0.2) is 5.82 Å². The largest absolute Gasteiger partial charge is 1.00 e. The van der Waals surface area contributed by atoms with Crippen molar-refractivity contribution in [1.29, 1.82) is 0 Å². The van der Waals surface area contributed by atoms with Crippen molar-refractivity contribution in [2.75, 3.05) is 5.32 Å². The van der Waals surface area contributed by atoms with Gasteiger partial charge in [-0.25, -0.2) is 19.3 Å². The molecular formula is C18H17FLiN5O2. The molecule has 2 heterocycles. The molecule has 0 unspecified atom stereocenters. The standard InChI is InChI=1S/C18H18FN5O2.Li/c1-10(2)24-11(3)20-9-15(24)16-14(19)8-21-18(23-16)22-13-6-4-12(5-7-13)17(25)26;/h4-10H,1-3H3,(H,25,26)(H,21,22,23);/q;+1/p-1. The van der Waals surface area contributed by atoms with Crippen LogP contribution >= 0.6 is 0 Å². The summed E-state index contributed by atoms with van der Waals surface area (Å²) in [4.78, 5) is 23.2. The van der Waals surface area contributed by atoms with Crippen LogP contribution in [0.5, 0.6) is 0 Å². The quantitative estimate of drug-likeness (QED) is 0.615. The van der Waals surface area contributed by atoms with E-state index in [2.05, 4.69) is 20.3 Å². The fourth-order valence-corrected chi connectivity index (χ4v) is 2.71. The van der Waals surface area contributed by atoms with E-state index in [9.17, 15) is 14.3 Å². The molecule has 9 heteroatoms. The van der Waals surface area contributed by atoms with Gasteiger partial charge in [0.05, 0.1) is 24.1 Å².